The molecule has 0 radical (unpaired) electrons. The normalized spacial score (nSPS) is 21.6. The van der Waals surface area contributed by atoms with Crippen LogP contribution in [0.1, 0.15) is 24.1 Å². The van der Waals surface area contributed by atoms with Gasteiger partial charge in [-0.2, -0.15) is 0 Å². The van der Waals surface area contributed by atoms with Crippen LogP contribution < -0.4 is 5.32 Å². The molecule has 128 valence electrons. The molecule has 24 heavy (non-hydrogen) atoms. The average Bonchev–Trinajstić information content (AvgIpc) is 2.97. The number of carbonyl (C=O) groups excluding carboxylic acids is 1. The second-order valence-electron chi connectivity index (χ2n) is 6.18. The Morgan fingerprint density at radius 2 is 2.17 bits per heavy atom. The Morgan fingerprint density at radius 3 is 2.88 bits per heavy atom. The smallest absolute Gasteiger partial charge is 0.239 e. The van der Waals surface area contributed by atoms with Crippen molar-refractivity contribution >= 4 is 11.7 Å². The number of hydrogen-bond acceptors (Lipinski definition) is 6. The molecule has 2 atom stereocenters. The van der Waals surface area contributed by atoms with Crippen LogP contribution in [0.25, 0.3) is 0 Å². The van der Waals surface area contributed by atoms with Crippen LogP contribution in [0.15, 0.2) is 35.0 Å². The minimum absolute atomic E-state index is 0.0663. The Labute approximate surface area is 140 Å². The van der Waals surface area contributed by atoms with E-state index in [0.29, 0.717) is 11.5 Å². The highest BCUT2D eigenvalue weighted by Gasteiger charge is 2.31. The van der Waals surface area contributed by atoms with E-state index in [4.69, 9.17) is 0 Å². The molecule has 0 saturated carbocycles. The van der Waals surface area contributed by atoms with E-state index < -0.39 is 6.10 Å². The lowest BCUT2D eigenvalue weighted by atomic mass is 9.93. The van der Waals surface area contributed by atoms with Crippen LogP contribution in [-0.4, -0.2) is 51.5 Å². The third-order valence-corrected chi connectivity index (χ3v) is 4.40. The summed E-state index contributed by atoms with van der Waals surface area (Å²) in [6.07, 6.45) is 1.94. The van der Waals surface area contributed by atoms with Crippen molar-refractivity contribution in [3.05, 3.63) is 41.6 Å². The van der Waals surface area contributed by atoms with Gasteiger partial charge in [-0.25, -0.2) is 4.63 Å². The fraction of sp³-hybridized carbons (Fsp3) is 0.471. The van der Waals surface area contributed by atoms with Crippen LogP contribution in [0.5, 0.6) is 0 Å². The molecule has 2 N–H and O–H groups in total. The van der Waals surface area contributed by atoms with Crippen LogP contribution in [0.4, 0.5) is 5.82 Å². The topological polar surface area (TPSA) is 91.5 Å². The van der Waals surface area contributed by atoms with E-state index >= 15 is 0 Å². The molecule has 1 amide bonds. The number of amides is 1. The van der Waals surface area contributed by atoms with Crippen LogP contribution in [0.3, 0.4) is 0 Å². The zero-order valence-electron chi connectivity index (χ0n) is 13.7. The van der Waals surface area contributed by atoms with Crippen molar-refractivity contribution in [1.29, 1.82) is 0 Å². The van der Waals surface area contributed by atoms with Gasteiger partial charge >= 0.3 is 0 Å². The number of aromatic nitrogens is 2. The summed E-state index contributed by atoms with van der Waals surface area (Å²) in [6, 6.07) is 9.97. The summed E-state index contributed by atoms with van der Waals surface area (Å²) in [4.78, 5) is 14.3. The molecule has 7 nitrogen and oxygen atoms in total. The Bertz CT molecular complexity index is 673. The molecule has 0 aliphatic carbocycles. The number of aliphatic hydroxyl groups excluding tert-OH is 1. The highest BCUT2D eigenvalue weighted by atomic mass is 16.6. The number of benzene rings is 1. The predicted molar refractivity (Wildman–Crippen MR) is 88.4 cm³/mol. The van der Waals surface area contributed by atoms with Crippen molar-refractivity contribution < 1.29 is 14.5 Å². The molecule has 1 aromatic heterocycles. The molecule has 2 heterocycles. The molecular weight excluding hydrogens is 308 g/mol. The fourth-order valence-electron chi connectivity index (χ4n) is 3.12. The van der Waals surface area contributed by atoms with Crippen molar-refractivity contribution in [2.24, 2.45) is 0 Å². The maximum Gasteiger partial charge on any atom is 0.239 e. The van der Waals surface area contributed by atoms with E-state index in [0.717, 1.165) is 31.4 Å². The lowest BCUT2D eigenvalue weighted by Crippen LogP contribution is -2.51. The summed E-state index contributed by atoms with van der Waals surface area (Å²) < 4.78 is 4.59. The number of carbonyl (C=O) groups is 1. The largest absolute Gasteiger partial charge is 0.391 e. The molecule has 1 fully saturated rings. The van der Waals surface area contributed by atoms with Gasteiger partial charge in [0.15, 0.2) is 5.82 Å². The van der Waals surface area contributed by atoms with Gasteiger partial charge in [0.05, 0.1) is 12.6 Å². The van der Waals surface area contributed by atoms with Gasteiger partial charge in [-0.05, 0) is 43.5 Å². The highest BCUT2D eigenvalue weighted by molar-refractivity contribution is 5.91. The SMILES string of the molecule is Cc1nonc1NC(=O)CN1CCC[C@H](O)[C@@H]1Cc1ccccc1. The van der Waals surface area contributed by atoms with Gasteiger partial charge in [-0.3, -0.25) is 9.69 Å². The van der Waals surface area contributed by atoms with Gasteiger partial charge in [0.1, 0.15) is 5.69 Å². The lowest BCUT2D eigenvalue weighted by molar-refractivity contribution is -0.119. The number of rotatable bonds is 5. The summed E-state index contributed by atoms with van der Waals surface area (Å²) >= 11 is 0. The van der Waals surface area contributed by atoms with Crippen molar-refractivity contribution in [2.45, 2.75) is 38.3 Å². The molecule has 1 aliphatic heterocycles. The Kier molecular flexibility index (Phi) is 5.22. The standard InChI is InChI=1S/C17H22N4O3/c1-12-17(20-24-19-12)18-16(23)11-21-9-5-8-15(22)14(21)10-13-6-3-2-4-7-13/h2-4,6-7,14-15,22H,5,8-11H2,1H3,(H,18,20,23)/t14-,15-/m0/s1. The lowest BCUT2D eigenvalue weighted by Gasteiger charge is -2.38. The number of hydrogen-bond donors (Lipinski definition) is 2. The molecule has 0 bridgehead atoms. The second-order valence-corrected chi connectivity index (χ2v) is 6.18. The van der Waals surface area contributed by atoms with Crippen LogP contribution >= 0.6 is 0 Å². The van der Waals surface area contributed by atoms with E-state index in [2.05, 4.69) is 20.3 Å². The van der Waals surface area contributed by atoms with Gasteiger partial charge in [0.25, 0.3) is 0 Å². The van der Waals surface area contributed by atoms with Crippen molar-refractivity contribution in [3.63, 3.8) is 0 Å². The number of piperidine rings is 1. The van der Waals surface area contributed by atoms with Crippen molar-refractivity contribution in [1.82, 2.24) is 15.2 Å². The molecule has 7 heteroatoms. The van der Waals surface area contributed by atoms with Crippen molar-refractivity contribution in [3.8, 4) is 0 Å². The van der Waals surface area contributed by atoms with E-state index in [1.807, 2.05) is 35.2 Å². The zero-order valence-corrected chi connectivity index (χ0v) is 13.7. The van der Waals surface area contributed by atoms with Gasteiger partial charge in [0.2, 0.25) is 5.91 Å². The quantitative estimate of drug-likeness (QED) is 0.861. The second kappa shape index (κ2) is 7.55. The Balaban J connectivity index is 1.65. The molecule has 0 unspecified atom stereocenters. The summed E-state index contributed by atoms with van der Waals surface area (Å²) in [5.74, 6) is 0.165. The van der Waals surface area contributed by atoms with Crippen LogP contribution in [0, 0.1) is 6.92 Å². The first kappa shape index (κ1) is 16.6. The number of nitrogens with zero attached hydrogens (tertiary/aromatic N) is 3. The molecular formula is C17H22N4O3. The Hall–Kier alpha value is -2.25. The van der Waals surface area contributed by atoms with E-state index in [1.165, 1.54) is 0 Å². The summed E-state index contributed by atoms with van der Waals surface area (Å²) in [6.45, 7) is 2.72. The maximum absolute atomic E-state index is 12.3. The van der Waals surface area contributed by atoms with E-state index in [9.17, 15) is 9.90 Å². The number of likely N-dealkylation sites (tertiary alicyclic amines) is 1. The minimum Gasteiger partial charge on any atom is -0.391 e. The van der Waals surface area contributed by atoms with Gasteiger partial charge in [-0.15, -0.1) is 0 Å². The molecule has 1 aromatic carbocycles. The number of aliphatic hydroxyl groups is 1. The summed E-state index contributed by atoms with van der Waals surface area (Å²) in [5.41, 5.74) is 1.70. The van der Waals surface area contributed by atoms with Crippen LogP contribution in [-0.2, 0) is 11.2 Å². The fourth-order valence-corrected chi connectivity index (χ4v) is 3.12. The highest BCUT2D eigenvalue weighted by Crippen LogP contribution is 2.21. The molecule has 3 rings (SSSR count). The van der Waals surface area contributed by atoms with Gasteiger partial charge in [0, 0.05) is 6.04 Å². The minimum atomic E-state index is -0.429. The van der Waals surface area contributed by atoms with E-state index in [-0.39, 0.29) is 18.5 Å². The summed E-state index contributed by atoms with van der Waals surface area (Å²) in [5, 5.41) is 20.4. The van der Waals surface area contributed by atoms with Gasteiger partial charge in [-0.1, -0.05) is 35.5 Å². The number of anilines is 1. The third-order valence-electron chi connectivity index (χ3n) is 4.40. The zero-order chi connectivity index (χ0) is 16.9. The first-order chi connectivity index (χ1) is 11.6. The average molecular weight is 330 g/mol. The monoisotopic (exact) mass is 330 g/mol. The molecule has 0 spiro atoms. The molecule has 2 aromatic rings. The molecule has 1 aliphatic rings. The first-order valence-corrected chi connectivity index (χ1v) is 8.18. The molecule has 1 saturated heterocycles. The Morgan fingerprint density at radius 1 is 1.38 bits per heavy atom. The predicted octanol–water partition coefficient (Wildman–Crippen LogP) is 1.38. The van der Waals surface area contributed by atoms with Gasteiger partial charge < -0.3 is 10.4 Å². The van der Waals surface area contributed by atoms with Crippen LogP contribution in [0.2, 0.25) is 0 Å². The maximum atomic E-state index is 12.3. The number of aryl methyl sites for hydroxylation is 1. The summed E-state index contributed by atoms with van der Waals surface area (Å²) in [7, 11) is 0. The van der Waals surface area contributed by atoms with Crippen molar-refractivity contribution in [2.75, 3.05) is 18.4 Å². The third kappa shape index (κ3) is 3.98. The van der Waals surface area contributed by atoms with E-state index in [1.54, 1.807) is 6.92 Å². The first-order valence-electron chi connectivity index (χ1n) is 8.18. The number of nitrogens with one attached hydrogen (secondary N) is 1.